The lowest BCUT2D eigenvalue weighted by atomic mass is 10.1. The predicted molar refractivity (Wildman–Crippen MR) is 87.7 cm³/mol. The second kappa shape index (κ2) is 7.10. The van der Waals surface area contributed by atoms with E-state index in [1.807, 2.05) is 32.9 Å². The molecule has 124 valence electrons. The molecule has 0 aliphatic carbocycles. The van der Waals surface area contributed by atoms with Gasteiger partial charge in [-0.05, 0) is 61.7 Å². The normalized spacial score (nSPS) is 11.5. The van der Waals surface area contributed by atoms with Crippen molar-refractivity contribution in [3.63, 3.8) is 0 Å². The molecule has 6 heteroatoms. The number of hydrogen-bond donors (Lipinski definition) is 1. The highest BCUT2D eigenvalue weighted by Crippen LogP contribution is 2.25. The number of rotatable bonds is 6. The van der Waals surface area contributed by atoms with Crippen LogP contribution in [0.4, 0.5) is 4.39 Å². The number of sulfonamides is 1. The Bertz CT molecular complexity index is 786. The Hall–Kier alpha value is -1.92. The van der Waals surface area contributed by atoms with Gasteiger partial charge in [0.1, 0.15) is 18.2 Å². The summed E-state index contributed by atoms with van der Waals surface area (Å²) in [4.78, 5) is 0.0295. The zero-order chi connectivity index (χ0) is 17.0. The number of hydrogen-bond acceptors (Lipinski definition) is 3. The van der Waals surface area contributed by atoms with Crippen molar-refractivity contribution >= 4 is 10.0 Å². The third kappa shape index (κ3) is 4.30. The van der Waals surface area contributed by atoms with Crippen molar-refractivity contribution in [3.05, 3.63) is 58.9 Å². The predicted octanol–water partition coefficient (Wildman–Crippen LogP) is 3.11. The minimum absolute atomic E-state index is 0.0295. The molecule has 0 unspecified atom stereocenters. The average Bonchev–Trinajstić information content (AvgIpc) is 2.51. The maximum absolute atomic E-state index is 12.8. The highest BCUT2D eigenvalue weighted by molar-refractivity contribution is 7.89. The van der Waals surface area contributed by atoms with Crippen molar-refractivity contribution in [1.82, 2.24) is 4.72 Å². The van der Waals surface area contributed by atoms with Gasteiger partial charge in [0, 0.05) is 6.54 Å². The molecule has 1 N–H and O–H groups in total. The van der Waals surface area contributed by atoms with E-state index in [2.05, 4.69) is 4.72 Å². The molecule has 0 aliphatic heterocycles. The number of ether oxygens (including phenoxy) is 1. The van der Waals surface area contributed by atoms with Gasteiger partial charge in [-0.25, -0.2) is 17.5 Å². The van der Waals surface area contributed by atoms with Crippen LogP contribution >= 0.6 is 0 Å². The van der Waals surface area contributed by atoms with Crippen LogP contribution in [0.15, 0.2) is 41.3 Å². The highest BCUT2D eigenvalue weighted by atomic mass is 32.2. The fourth-order valence-corrected chi connectivity index (χ4v) is 3.19. The van der Waals surface area contributed by atoms with Crippen molar-refractivity contribution in [2.45, 2.75) is 25.7 Å². The summed E-state index contributed by atoms with van der Waals surface area (Å²) in [5, 5.41) is 0. The van der Waals surface area contributed by atoms with E-state index in [9.17, 15) is 12.8 Å². The first-order valence-corrected chi connectivity index (χ1v) is 8.74. The highest BCUT2D eigenvalue weighted by Gasteiger charge is 2.13. The second-order valence-electron chi connectivity index (χ2n) is 5.35. The van der Waals surface area contributed by atoms with Gasteiger partial charge < -0.3 is 4.74 Å². The SMILES string of the molecule is Cc1ccc(C)c(OCCNS(=O)(=O)c2ccc(F)cc2)c1C. The summed E-state index contributed by atoms with van der Waals surface area (Å²) in [6.45, 7) is 6.27. The van der Waals surface area contributed by atoms with Crippen LogP contribution in [0, 0.1) is 26.6 Å². The zero-order valence-corrected chi connectivity index (χ0v) is 14.2. The van der Waals surface area contributed by atoms with E-state index >= 15 is 0 Å². The lowest BCUT2D eigenvalue weighted by Crippen LogP contribution is -2.28. The van der Waals surface area contributed by atoms with Gasteiger partial charge in [-0.3, -0.25) is 0 Å². The molecular weight excluding hydrogens is 317 g/mol. The molecule has 0 aliphatic rings. The van der Waals surface area contributed by atoms with E-state index in [-0.39, 0.29) is 18.0 Å². The largest absolute Gasteiger partial charge is 0.492 e. The topological polar surface area (TPSA) is 55.4 Å². The van der Waals surface area contributed by atoms with Crippen LogP contribution in [0.5, 0.6) is 5.75 Å². The van der Waals surface area contributed by atoms with Gasteiger partial charge in [-0.15, -0.1) is 0 Å². The zero-order valence-electron chi connectivity index (χ0n) is 13.4. The van der Waals surface area contributed by atoms with Crippen LogP contribution in [0.25, 0.3) is 0 Å². The Kier molecular flexibility index (Phi) is 5.38. The fraction of sp³-hybridized carbons (Fsp3) is 0.294. The van der Waals surface area contributed by atoms with Crippen LogP contribution < -0.4 is 9.46 Å². The van der Waals surface area contributed by atoms with Gasteiger partial charge in [0.25, 0.3) is 0 Å². The quantitative estimate of drug-likeness (QED) is 0.824. The molecule has 0 saturated heterocycles. The molecule has 0 bridgehead atoms. The Morgan fingerprint density at radius 3 is 2.26 bits per heavy atom. The van der Waals surface area contributed by atoms with Crippen LogP contribution in [0.3, 0.4) is 0 Å². The number of benzene rings is 2. The minimum Gasteiger partial charge on any atom is -0.492 e. The first kappa shape index (κ1) is 17.4. The van der Waals surface area contributed by atoms with E-state index in [1.165, 1.54) is 12.1 Å². The molecule has 0 spiro atoms. The maximum Gasteiger partial charge on any atom is 0.240 e. The molecular formula is C17H20FNO3S. The first-order valence-electron chi connectivity index (χ1n) is 7.26. The van der Waals surface area contributed by atoms with E-state index in [0.29, 0.717) is 0 Å². The molecule has 0 amide bonds. The summed E-state index contributed by atoms with van der Waals surface area (Å²) >= 11 is 0. The Labute approximate surface area is 136 Å². The molecule has 0 atom stereocenters. The van der Waals surface area contributed by atoms with Crippen LogP contribution in [-0.2, 0) is 10.0 Å². The molecule has 2 aromatic carbocycles. The molecule has 0 radical (unpaired) electrons. The maximum atomic E-state index is 12.8. The second-order valence-corrected chi connectivity index (χ2v) is 7.12. The van der Waals surface area contributed by atoms with E-state index in [0.717, 1.165) is 34.6 Å². The summed E-state index contributed by atoms with van der Waals surface area (Å²) in [6, 6.07) is 8.69. The van der Waals surface area contributed by atoms with E-state index in [4.69, 9.17) is 4.74 Å². The van der Waals surface area contributed by atoms with Gasteiger partial charge in [0.15, 0.2) is 0 Å². The third-order valence-electron chi connectivity index (χ3n) is 3.64. The van der Waals surface area contributed by atoms with Gasteiger partial charge in [0.2, 0.25) is 10.0 Å². The Balaban J connectivity index is 1.95. The average molecular weight is 337 g/mol. The van der Waals surface area contributed by atoms with Crippen molar-refractivity contribution in [1.29, 1.82) is 0 Å². The minimum atomic E-state index is -3.66. The lowest BCUT2D eigenvalue weighted by Gasteiger charge is -2.14. The fourth-order valence-electron chi connectivity index (χ4n) is 2.17. The van der Waals surface area contributed by atoms with Crippen LogP contribution in [0.2, 0.25) is 0 Å². The van der Waals surface area contributed by atoms with E-state index in [1.54, 1.807) is 0 Å². The Morgan fingerprint density at radius 2 is 1.61 bits per heavy atom. The van der Waals surface area contributed by atoms with E-state index < -0.39 is 15.8 Å². The monoisotopic (exact) mass is 337 g/mol. The molecule has 2 aromatic rings. The lowest BCUT2D eigenvalue weighted by molar-refractivity contribution is 0.318. The van der Waals surface area contributed by atoms with Gasteiger partial charge in [0.05, 0.1) is 4.90 Å². The van der Waals surface area contributed by atoms with Gasteiger partial charge >= 0.3 is 0 Å². The molecule has 0 fully saturated rings. The van der Waals surface area contributed by atoms with Crippen LogP contribution in [-0.4, -0.2) is 21.6 Å². The van der Waals surface area contributed by atoms with Crippen molar-refractivity contribution in [2.24, 2.45) is 0 Å². The number of aryl methyl sites for hydroxylation is 2. The molecule has 4 nitrogen and oxygen atoms in total. The number of halogens is 1. The van der Waals surface area contributed by atoms with Gasteiger partial charge in [-0.1, -0.05) is 12.1 Å². The number of nitrogens with one attached hydrogen (secondary N) is 1. The Morgan fingerprint density at radius 1 is 1.00 bits per heavy atom. The summed E-state index contributed by atoms with van der Waals surface area (Å²) in [5.41, 5.74) is 3.18. The molecule has 2 rings (SSSR count). The molecule has 0 aromatic heterocycles. The van der Waals surface area contributed by atoms with Crippen molar-refractivity contribution < 1.29 is 17.5 Å². The smallest absolute Gasteiger partial charge is 0.240 e. The van der Waals surface area contributed by atoms with Crippen molar-refractivity contribution in [2.75, 3.05) is 13.2 Å². The van der Waals surface area contributed by atoms with Crippen molar-refractivity contribution in [3.8, 4) is 5.75 Å². The summed E-state index contributed by atoms with van der Waals surface area (Å²) in [7, 11) is -3.66. The summed E-state index contributed by atoms with van der Waals surface area (Å²) < 4.78 is 45.1. The summed E-state index contributed by atoms with van der Waals surface area (Å²) in [5.74, 6) is 0.309. The summed E-state index contributed by atoms with van der Waals surface area (Å²) in [6.07, 6.45) is 0. The molecule has 0 saturated carbocycles. The van der Waals surface area contributed by atoms with Gasteiger partial charge in [-0.2, -0.15) is 0 Å². The van der Waals surface area contributed by atoms with Crippen LogP contribution in [0.1, 0.15) is 16.7 Å². The third-order valence-corrected chi connectivity index (χ3v) is 5.12. The first-order chi connectivity index (χ1) is 10.8. The molecule has 0 heterocycles. The standard InChI is InChI=1S/C17H20FNO3S/c1-12-4-5-13(2)17(14(12)3)22-11-10-19-23(20,21)16-8-6-15(18)7-9-16/h4-9,19H,10-11H2,1-3H3. The molecule has 23 heavy (non-hydrogen) atoms.